The van der Waals surface area contributed by atoms with Crippen LogP contribution in [0.1, 0.15) is 23.4 Å². The first kappa shape index (κ1) is 13.5. The normalized spacial score (nSPS) is 12.7. The molecule has 0 spiro atoms. The number of hydrogen-bond acceptors (Lipinski definition) is 2. The predicted octanol–water partition coefficient (Wildman–Crippen LogP) is 4.38. The summed E-state index contributed by atoms with van der Waals surface area (Å²) in [5.41, 5.74) is 0.301. The molecule has 0 amide bonds. The van der Waals surface area contributed by atoms with Crippen molar-refractivity contribution in [1.82, 2.24) is 5.32 Å². The Bertz CT molecular complexity index is 542. The summed E-state index contributed by atoms with van der Waals surface area (Å²) in [5, 5.41) is 3.14. The summed E-state index contributed by atoms with van der Waals surface area (Å²) in [4.78, 5) is 0.867. The number of halogens is 3. The predicted molar refractivity (Wildman–Crippen MR) is 71.2 cm³/mol. The second-order valence-electron chi connectivity index (χ2n) is 3.80. The highest BCUT2D eigenvalue weighted by Crippen LogP contribution is 2.32. The molecule has 0 fully saturated rings. The van der Waals surface area contributed by atoms with Crippen molar-refractivity contribution in [2.75, 3.05) is 6.54 Å². The molecule has 0 aliphatic rings. The van der Waals surface area contributed by atoms with E-state index in [1.54, 1.807) is 6.07 Å². The van der Waals surface area contributed by atoms with Gasteiger partial charge >= 0.3 is 0 Å². The van der Waals surface area contributed by atoms with Crippen molar-refractivity contribution in [2.45, 2.75) is 13.0 Å². The Hall–Kier alpha value is -0.970. The van der Waals surface area contributed by atoms with Crippen molar-refractivity contribution in [2.24, 2.45) is 0 Å². The Morgan fingerprint density at radius 3 is 2.67 bits per heavy atom. The smallest absolute Gasteiger partial charge is 0.128 e. The minimum absolute atomic E-state index is 0.301. The van der Waals surface area contributed by atoms with Crippen LogP contribution in [0.3, 0.4) is 0 Å². The molecule has 5 heteroatoms. The van der Waals surface area contributed by atoms with Gasteiger partial charge in [-0.2, -0.15) is 0 Å². The maximum absolute atomic E-state index is 13.8. The average molecular weight is 288 g/mol. The summed E-state index contributed by atoms with van der Waals surface area (Å²) in [6, 6.07) is 6.68. The molecule has 0 aliphatic heterocycles. The molecule has 0 saturated carbocycles. The van der Waals surface area contributed by atoms with Gasteiger partial charge in [0.15, 0.2) is 0 Å². The van der Waals surface area contributed by atoms with Gasteiger partial charge in [0, 0.05) is 10.4 Å². The summed E-state index contributed by atoms with van der Waals surface area (Å²) in [5.74, 6) is -0.871. The minimum Gasteiger partial charge on any atom is -0.306 e. The van der Waals surface area contributed by atoms with Crippen molar-refractivity contribution < 1.29 is 8.78 Å². The molecule has 1 atom stereocenters. The third kappa shape index (κ3) is 2.88. The van der Waals surface area contributed by atoms with Gasteiger partial charge in [-0.15, -0.1) is 11.3 Å². The summed E-state index contributed by atoms with van der Waals surface area (Å²) in [6.07, 6.45) is 0. The molecule has 0 aliphatic carbocycles. The molecule has 2 rings (SSSR count). The average Bonchev–Trinajstić information content (AvgIpc) is 2.76. The van der Waals surface area contributed by atoms with E-state index in [0.717, 1.165) is 17.0 Å². The molecule has 0 radical (unpaired) electrons. The highest BCUT2D eigenvalue weighted by atomic mass is 35.5. The zero-order chi connectivity index (χ0) is 13.1. The summed E-state index contributed by atoms with van der Waals surface area (Å²) in [6.45, 7) is 2.57. The third-order valence-corrected chi connectivity index (χ3v) is 3.85. The van der Waals surface area contributed by atoms with E-state index >= 15 is 0 Å². The molecule has 0 bridgehead atoms. The number of rotatable bonds is 4. The largest absolute Gasteiger partial charge is 0.306 e. The van der Waals surface area contributed by atoms with Crippen molar-refractivity contribution in [1.29, 1.82) is 0 Å². The van der Waals surface area contributed by atoms with Crippen LogP contribution in [0.15, 0.2) is 30.3 Å². The molecular weight excluding hydrogens is 276 g/mol. The van der Waals surface area contributed by atoms with Gasteiger partial charge in [-0.05, 0) is 36.9 Å². The van der Waals surface area contributed by atoms with E-state index in [9.17, 15) is 8.78 Å². The van der Waals surface area contributed by atoms with Crippen LogP contribution < -0.4 is 5.32 Å². The number of benzene rings is 1. The van der Waals surface area contributed by atoms with Crippen molar-refractivity contribution in [3.05, 3.63) is 56.7 Å². The van der Waals surface area contributed by atoms with Crippen molar-refractivity contribution >= 4 is 22.9 Å². The van der Waals surface area contributed by atoms with Gasteiger partial charge in [0.25, 0.3) is 0 Å². The fourth-order valence-corrected chi connectivity index (χ4v) is 2.94. The Morgan fingerprint density at radius 1 is 1.28 bits per heavy atom. The van der Waals surface area contributed by atoms with E-state index < -0.39 is 11.6 Å². The summed E-state index contributed by atoms with van der Waals surface area (Å²) >= 11 is 7.25. The molecule has 1 aromatic heterocycles. The zero-order valence-corrected chi connectivity index (χ0v) is 11.3. The SMILES string of the molecule is CCNC(c1ccc(Cl)s1)c1cc(F)ccc1F. The maximum atomic E-state index is 13.8. The van der Waals surface area contributed by atoms with E-state index in [2.05, 4.69) is 5.32 Å². The number of thiophene rings is 1. The summed E-state index contributed by atoms with van der Waals surface area (Å²) in [7, 11) is 0. The van der Waals surface area contributed by atoms with Crippen LogP contribution in [-0.4, -0.2) is 6.54 Å². The molecule has 18 heavy (non-hydrogen) atoms. The van der Waals surface area contributed by atoms with E-state index in [1.165, 1.54) is 17.4 Å². The Morgan fingerprint density at radius 2 is 2.06 bits per heavy atom. The quantitative estimate of drug-likeness (QED) is 0.880. The van der Waals surface area contributed by atoms with Gasteiger partial charge in [0.1, 0.15) is 11.6 Å². The lowest BCUT2D eigenvalue weighted by Gasteiger charge is -2.17. The first-order valence-corrected chi connectivity index (χ1v) is 6.75. The van der Waals surface area contributed by atoms with Crippen LogP contribution in [0, 0.1) is 11.6 Å². The van der Waals surface area contributed by atoms with Crippen molar-refractivity contribution in [3.8, 4) is 0 Å². The highest BCUT2D eigenvalue weighted by molar-refractivity contribution is 7.16. The summed E-state index contributed by atoms with van der Waals surface area (Å²) < 4.78 is 27.7. The zero-order valence-electron chi connectivity index (χ0n) is 9.71. The van der Waals surface area contributed by atoms with Gasteiger partial charge in [0.2, 0.25) is 0 Å². The molecule has 1 heterocycles. The Balaban J connectivity index is 2.44. The lowest BCUT2D eigenvalue weighted by molar-refractivity contribution is 0.548. The van der Waals surface area contributed by atoms with Crippen molar-refractivity contribution in [3.63, 3.8) is 0 Å². The second-order valence-corrected chi connectivity index (χ2v) is 5.55. The van der Waals surface area contributed by atoms with Crippen LogP contribution in [0.4, 0.5) is 8.78 Å². The number of nitrogens with one attached hydrogen (secondary N) is 1. The third-order valence-electron chi connectivity index (χ3n) is 2.56. The van der Waals surface area contributed by atoms with Gasteiger partial charge in [-0.25, -0.2) is 8.78 Å². The lowest BCUT2D eigenvalue weighted by atomic mass is 10.0. The minimum atomic E-state index is -0.447. The van der Waals surface area contributed by atoms with Crippen LogP contribution in [0.25, 0.3) is 0 Å². The van der Waals surface area contributed by atoms with Crippen LogP contribution in [0.2, 0.25) is 4.34 Å². The fourth-order valence-electron chi connectivity index (χ4n) is 1.79. The molecule has 1 unspecified atom stereocenters. The van der Waals surface area contributed by atoms with Crippen LogP contribution in [-0.2, 0) is 0 Å². The molecule has 2 aromatic rings. The van der Waals surface area contributed by atoms with Crippen LogP contribution in [0.5, 0.6) is 0 Å². The fraction of sp³-hybridized carbons (Fsp3) is 0.231. The Labute approximate surface area is 113 Å². The van der Waals surface area contributed by atoms with Gasteiger partial charge in [0.05, 0.1) is 10.4 Å². The Kier molecular flexibility index (Phi) is 4.32. The second kappa shape index (κ2) is 5.78. The molecule has 1 N–H and O–H groups in total. The molecule has 96 valence electrons. The first-order chi connectivity index (χ1) is 8.61. The van der Waals surface area contributed by atoms with Gasteiger partial charge < -0.3 is 5.32 Å². The first-order valence-electron chi connectivity index (χ1n) is 5.55. The van der Waals surface area contributed by atoms with Crippen LogP contribution >= 0.6 is 22.9 Å². The van der Waals surface area contributed by atoms with E-state index in [0.29, 0.717) is 16.4 Å². The monoisotopic (exact) mass is 287 g/mol. The highest BCUT2D eigenvalue weighted by Gasteiger charge is 2.19. The molecular formula is C13H12ClF2NS. The number of hydrogen-bond donors (Lipinski definition) is 1. The molecule has 0 saturated heterocycles. The van der Waals surface area contributed by atoms with Gasteiger partial charge in [-0.3, -0.25) is 0 Å². The van der Waals surface area contributed by atoms with E-state index in [-0.39, 0.29) is 6.04 Å². The van der Waals surface area contributed by atoms with E-state index in [4.69, 9.17) is 11.6 Å². The molecule has 1 aromatic carbocycles. The molecule has 1 nitrogen and oxygen atoms in total. The maximum Gasteiger partial charge on any atom is 0.128 e. The topological polar surface area (TPSA) is 12.0 Å². The van der Waals surface area contributed by atoms with E-state index in [1.807, 2.05) is 13.0 Å². The standard InChI is InChI=1S/C13H12ClF2NS/c1-2-17-13(11-5-6-12(14)18-11)9-7-8(15)3-4-10(9)16/h3-7,13,17H,2H2,1H3. The van der Waals surface area contributed by atoms with Gasteiger partial charge in [-0.1, -0.05) is 18.5 Å². The lowest BCUT2D eigenvalue weighted by Crippen LogP contribution is -2.22.